The van der Waals surface area contributed by atoms with E-state index in [9.17, 15) is 0 Å². The highest BCUT2D eigenvalue weighted by molar-refractivity contribution is 5.12. The van der Waals surface area contributed by atoms with Gasteiger partial charge in [-0.2, -0.15) is 0 Å². The quantitative estimate of drug-likeness (QED) is 0.530. The minimum atomic E-state index is 1.32. The van der Waals surface area contributed by atoms with Crippen molar-refractivity contribution >= 4 is 0 Å². The summed E-state index contributed by atoms with van der Waals surface area (Å²) in [6, 6.07) is 20.5. The van der Waals surface area contributed by atoms with Crippen LogP contribution in [-0.4, -0.2) is 0 Å². The molecular formula is C18H28. The first-order chi connectivity index (χ1) is 8.79. The molecule has 0 radical (unpaired) electrons. The first kappa shape index (κ1) is 18.8. The molecule has 0 saturated carbocycles. The Morgan fingerprint density at radius 1 is 0.444 bits per heavy atom. The van der Waals surface area contributed by atoms with Gasteiger partial charge in [0, 0.05) is 0 Å². The minimum Gasteiger partial charge on any atom is -0.0683 e. The van der Waals surface area contributed by atoms with Gasteiger partial charge < -0.3 is 0 Å². The number of aryl methyl sites for hydroxylation is 2. The smallest absolute Gasteiger partial charge is 0.0398 e. The molecule has 0 amide bonds. The summed E-state index contributed by atoms with van der Waals surface area (Å²) in [6.45, 7) is 12.2. The average Bonchev–Trinajstić information content (AvgIpc) is 2.46. The van der Waals surface area contributed by atoms with Crippen molar-refractivity contribution < 1.29 is 0 Å². The Labute approximate surface area is 114 Å². The molecule has 0 heteroatoms. The van der Waals surface area contributed by atoms with Crippen LogP contribution < -0.4 is 0 Å². The molecule has 0 N–H and O–H groups in total. The number of hydrogen-bond acceptors (Lipinski definition) is 0. The molecule has 0 aliphatic heterocycles. The van der Waals surface area contributed by atoms with Crippen LogP contribution in [0.1, 0.15) is 38.8 Å². The summed E-state index contributed by atoms with van der Waals surface area (Å²) in [5, 5.41) is 0. The third kappa shape index (κ3) is 12.5. The normalized spacial score (nSPS) is 7.44. The maximum atomic E-state index is 2.08. The van der Waals surface area contributed by atoms with E-state index in [0.717, 1.165) is 0 Å². The molecule has 0 aliphatic carbocycles. The molecule has 0 fully saturated rings. The van der Waals surface area contributed by atoms with Crippen LogP contribution in [0.4, 0.5) is 0 Å². The Hall–Kier alpha value is -1.56. The molecule has 0 heterocycles. The number of benzene rings is 2. The van der Waals surface area contributed by atoms with Gasteiger partial charge in [0.2, 0.25) is 0 Å². The zero-order valence-corrected chi connectivity index (χ0v) is 12.8. The Balaban J connectivity index is 0. The Kier molecular flexibility index (Phi) is 16.1. The lowest BCUT2D eigenvalue weighted by Crippen LogP contribution is -1.62. The van der Waals surface area contributed by atoms with Crippen LogP contribution in [0.15, 0.2) is 60.7 Å². The fourth-order valence-corrected chi connectivity index (χ4v) is 1.07. The summed E-state index contributed by atoms with van der Waals surface area (Å²) in [5.41, 5.74) is 2.64. The number of hydrogen-bond donors (Lipinski definition) is 0. The topological polar surface area (TPSA) is 0 Å². The summed E-state index contributed by atoms with van der Waals surface area (Å²) < 4.78 is 0. The van der Waals surface area contributed by atoms with Gasteiger partial charge in [0.1, 0.15) is 0 Å². The lowest BCUT2D eigenvalue weighted by molar-refractivity contribution is 1.48. The fraction of sp³-hybridized carbons (Fsp3) is 0.333. The predicted octanol–water partition coefficient (Wildman–Crippen LogP) is 6.04. The summed E-state index contributed by atoms with van der Waals surface area (Å²) in [5.74, 6) is 0. The highest BCUT2D eigenvalue weighted by atomic mass is 13.8. The summed E-state index contributed by atoms with van der Waals surface area (Å²) in [4.78, 5) is 0. The van der Waals surface area contributed by atoms with E-state index >= 15 is 0 Å². The van der Waals surface area contributed by atoms with Crippen molar-refractivity contribution in [3.05, 3.63) is 71.8 Å². The van der Waals surface area contributed by atoms with Crippen LogP contribution in [0.25, 0.3) is 0 Å². The molecule has 0 spiro atoms. The standard InChI is InChI=1S/2C7H8.2C2H6/c2*1-7-5-3-2-4-6-7;2*1-2/h2*2-6H,1H3;2*1-2H3. The van der Waals surface area contributed by atoms with Gasteiger partial charge >= 0.3 is 0 Å². The van der Waals surface area contributed by atoms with Gasteiger partial charge in [0.05, 0.1) is 0 Å². The highest BCUT2D eigenvalue weighted by Crippen LogP contribution is 1.92. The second kappa shape index (κ2) is 15.4. The molecule has 2 aromatic carbocycles. The third-order valence-corrected chi connectivity index (χ3v) is 1.88. The van der Waals surface area contributed by atoms with E-state index in [-0.39, 0.29) is 0 Å². The maximum Gasteiger partial charge on any atom is -0.0398 e. The molecular weight excluding hydrogens is 216 g/mol. The zero-order valence-electron chi connectivity index (χ0n) is 12.8. The molecule has 0 bridgehead atoms. The van der Waals surface area contributed by atoms with Gasteiger partial charge in [0.15, 0.2) is 0 Å². The molecule has 0 aromatic heterocycles. The van der Waals surface area contributed by atoms with Gasteiger partial charge in [-0.3, -0.25) is 0 Å². The van der Waals surface area contributed by atoms with Gasteiger partial charge in [-0.15, -0.1) is 0 Å². The van der Waals surface area contributed by atoms with Gasteiger partial charge in [-0.1, -0.05) is 99.5 Å². The molecule has 18 heavy (non-hydrogen) atoms. The van der Waals surface area contributed by atoms with Gasteiger partial charge in [-0.05, 0) is 13.8 Å². The van der Waals surface area contributed by atoms with Crippen molar-refractivity contribution in [2.75, 3.05) is 0 Å². The zero-order chi connectivity index (χ0) is 14.2. The first-order valence-electron chi connectivity index (χ1n) is 6.82. The van der Waals surface area contributed by atoms with E-state index in [2.05, 4.69) is 38.1 Å². The van der Waals surface area contributed by atoms with Crippen LogP contribution >= 0.6 is 0 Å². The third-order valence-electron chi connectivity index (χ3n) is 1.88. The van der Waals surface area contributed by atoms with E-state index in [0.29, 0.717) is 0 Å². The average molecular weight is 244 g/mol. The van der Waals surface area contributed by atoms with Crippen molar-refractivity contribution in [2.24, 2.45) is 0 Å². The van der Waals surface area contributed by atoms with Crippen molar-refractivity contribution in [1.29, 1.82) is 0 Å². The summed E-state index contributed by atoms with van der Waals surface area (Å²) in [6.07, 6.45) is 0. The van der Waals surface area contributed by atoms with Crippen molar-refractivity contribution in [3.63, 3.8) is 0 Å². The predicted molar refractivity (Wildman–Crippen MR) is 85.1 cm³/mol. The van der Waals surface area contributed by atoms with E-state index in [1.807, 2.05) is 64.1 Å². The van der Waals surface area contributed by atoms with Crippen LogP contribution in [0.2, 0.25) is 0 Å². The van der Waals surface area contributed by atoms with E-state index in [1.165, 1.54) is 11.1 Å². The monoisotopic (exact) mass is 244 g/mol. The van der Waals surface area contributed by atoms with Crippen LogP contribution in [0.3, 0.4) is 0 Å². The van der Waals surface area contributed by atoms with Crippen molar-refractivity contribution in [2.45, 2.75) is 41.5 Å². The molecule has 0 atom stereocenters. The fourth-order valence-electron chi connectivity index (χ4n) is 1.07. The molecule has 0 aliphatic rings. The first-order valence-corrected chi connectivity index (χ1v) is 6.82. The second-order valence-corrected chi connectivity index (χ2v) is 3.31. The largest absolute Gasteiger partial charge is 0.0683 e. The highest BCUT2D eigenvalue weighted by Gasteiger charge is 1.72. The summed E-state index contributed by atoms with van der Waals surface area (Å²) in [7, 11) is 0. The van der Waals surface area contributed by atoms with E-state index < -0.39 is 0 Å². The minimum absolute atomic E-state index is 1.32. The molecule has 0 nitrogen and oxygen atoms in total. The lowest BCUT2D eigenvalue weighted by Gasteiger charge is -1.82. The number of rotatable bonds is 0. The molecule has 0 saturated heterocycles. The Morgan fingerprint density at radius 2 is 0.667 bits per heavy atom. The van der Waals surface area contributed by atoms with E-state index in [1.54, 1.807) is 0 Å². The molecule has 100 valence electrons. The van der Waals surface area contributed by atoms with Crippen molar-refractivity contribution in [3.8, 4) is 0 Å². The van der Waals surface area contributed by atoms with E-state index in [4.69, 9.17) is 0 Å². The SMILES string of the molecule is CC.CC.Cc1ccccc1.Cc1ccccc1. The molecule has 2 rings (SSSR count). The van der Waals surface area contributed by atoms with Gasteiger partial charge in [0.25, 0.3) is 0 Å². The van der Waals surface area contributed by atoms with Gasteiger partial charge in [-0.25, -0.2) is 0 Å². The Bertz CT molecular complexity index is 297. The molecule has 2 aromatic rings. The lowest BCUT2D eigenvalue weighted by atomic mass is 10.2. The van der Waals surface area contributed by atoms with Crippen LogP contribution in [0, 0.1) is 13.8 Å². The van der Waals surface area contributed by atoms with Crippen LogP contribution in [-0.2, 0) is 0 Å². The van der Waals surface area contributed by atoms with Crippen LogP contribution in [0.5, 0.6) is 0 Å². The second-order valence-electron chi connectivity index (χ2n) is 3.31. The summed E-state index contributed by atoms with van der Waals surface area (Å²) >= 11 is 0. The molecule has 0 unspecified atom stereocenters. The Morgan fingerprint density at radius 3 is 0.778 bits per heavy atom. The maximum absolute atomic E-state index is 2.08. The van der Waals surface area contributed by atoms with Crippen molar-refractivity contribution in [1.82, 2.24) is 0 Å².